The van der Waals surface area contributed by atoms with Crippen LogP contribution in [0, 0.1) is 0 Å². The Labute approximate surface area is 112 Å². The largest absolute Gasteiger partial charge is 0.388 e. The molecule has 2 rings (SSSR count). The van der Waals surface area contributed by atoms with Crippen LogP contribution in [0.2, 0.25) is 0 Å². The molecule has 1 fully saturated rings. The molecule has 0 bridgehead atoms. The Morgan fingerprint density at radius 3 is 2.67 bits per heavy atom. The van der Waals surface area contributed by atoms with Gasteiger partial charge < -0.3 is 14.7 Å². The monoisotopic (exact) mass is 271 g/mol. The molecule has 2 heterocycles. The molecule has 5 nitrogen and oxygen atoms in total. The number of ether oxygens (including phenoxy) is 1. The van der Waals surface area contributed by atoms with Gasteiger partial charge in [0.1, 0.15) is 5.82 Å². The van der Waals surface area contributed by atoms with Gasteiger partial charge in [-0.25, -0.2) is 4.98 Å². The van der Waals surface area contributed by atoms with Crippen molar-refractivity contribution in [1.82, 2.24) is 9.36 Å². The van der Waals surface area contributed by atoms with Crippen LogP contribution in [-0.4, -0.2) is 46.9 Å². The van der Waals surface area contributed by atoms with Crippen LogP contribution in [0.4, 0.5) is 5.13 Å². The van der Waals surface area contributed by atoms with E-state index in [1.807, 2.05) is 11.9 Å². The fraction of sp³-hybridized carbons (Fsp3) is 0.833. The van der Waals surface area contributed by atoms with Crippen molar-refractivity contribution >= 4 is 16.7 Å². The first-order chi connectivity index (χ1) is 8.50. The highest BCUT2D eigenvalue weighted by atomic mass is 32.1. The molecule has 0 radical (unpaired) electrons. The molecule has 1 aliphatic heterocycles. The van der Waals surface area contributed by atoms with Gasteiger partial charge in [0.25, 0.3) is 0 Å². The zero-order valence-electron chi connectivity index (χ0n) is 11.2. The zero-order chi connectivity index (χ0) is 13.2. The molecule has 6 heteroatoms. The summed E-state index contributed by atoms with van der Waals surface area (Å²) in [6.07, 6.45) is 1.38. The Hall–Kier alpha value is -0.720. The van der Waals surface area contributed by atoms with Crippen molar-refractivity contribution in [3.63, 3.8) is 0 Å². The second-order valence-corrected chi connectivity index (χ2v) is 6.01. The molecule has 0 unspecified atom stereocenters. The minimum Gasteiger partial charge on any atom is -0.388 e. The smallest absolute Gasteiger partial charge is 0.205 e. The summed E-state index contributed by atoms with van der Waals surface area (Å²) >= 11 is 1.40. The zero-order valence-corrected chi connectivity index (χ0v) is 12.0. The predicted molar refractivity (Wildman–Crippen MR) is 72.3 cm³/mol. The Morgan fingerprint density at radius 1 is 1.44 bits per heavy atom. The van der Waals surface area contributed by atoms with Gasteiger partial charge in [-0.15, -0.1) is 0 Å². The minimum atomic E-state index is -0.656. The SMILES string of the molecule is CC(C)c1nsc(N(C)CC2(O)CCOCC2)n1. The molecule has 0 amide bonds. The maximum atomic E-state index is 10.5. The molecule has 1 aromatic rings. The number of nitrogens with zero attached hydrogens (tertiary/aromatic N) is 3. The first-order valence-corrected chi connectivity index (χ1v) is 7.12. The number of likely N-dealkylation sites (N-methyl/N-ethyl adjacent to an activating group) is 1. The average Bonchev–Trinajstić information content (AvgIpc) is 2.78. The fourth-order valence-electron chi connectivity index (χ4n) is 2.03. The van der Waals surface area contributed by atoms with Crippen LogP contribution in [0.1, 0.15) is 38.4 Å². The third-order valence-corrected chi connectivity index (χ3v) is 4.07. The average molecular weight is 271 g/mol. The number of hydrogen-bond donors (Lipinski definition) is 1. The third-order valence-electron chi connectivity index (χ3n) is 3.23. The lowest BCUT2D eigenvalue weighted by Gasteiger charge is -2.35. The Morgan fingerprint density at radius 2 is 2.11 bits per heavy atom. The highest BCUT2D eigenvalue weighted by Gasteiger charge is 2.31. The summed E-state index contributed by atoms with van der Waals surface area (Å²) in [4.78, 5) is 6.49. The van der Waals surface area contributed by atoms with Crippen molar-refractivity contribution in [2.45, 2.75) is 38.2 Å². The first-order valence-electron chi connectivity index (χ1n) is 6.35. The van der Waals surface area contributed by atoms with Crippen LogP contribution in [0.5, 0.6) is 0 Å². The second-order valence-electron chi connectivity index (χ2n) is 5.28. The van der Waals surface area contributed by atoms with Crippen molar-refractivity contribution in [3.05, 3.63) is 5.82 Å². The van der Waals surface area contributed by atoms with Gasteiger partial charge in [-0.2, -0.15) is 4.37 Å². The normalized spacial score (nSPS) is 19.2. The fourth-order valence-corrected chi connectivity index (χ4v) is 2.80. The molecule has 18 heavy (non-hydrogen) atoms. The van der Waals surface area contributed by atoms with Crippen molar-refractivity contribution in [3.8, 4) is 0 Å². The third kappa shape index (κ3) is 3.18. The molecule has 1 saturated heterocycles. The Balaban J connectivity index is 1.99. The molecule has 1 aromatic heterocycles. The quantitative estimate of drug-likeness (QED) is 0.902. The summed E-state index contributed by atoms with van der Waals surface area (Å²) in [6, 6.07) is 0. The van der Waals surface area contributed by atoms with Crippen molar-refractivity contribution in [2.75, 3.05) is 31.7 Å². The predicted octanol–water partition coefficient (Wildman–Crippen LogP) is 1.64. The van der Waals surface area contributed by atoms with Gasteiger partial charge >= 0.3 is 0 Å². The van der Waals surface area contributed by atoms with E-state index >= 15 is 0 Å². The van der Waals surface area contributed by atoms with Crippen LogP contribution in [0.25, 0.3) is 0 Å². The summed E-state index contributed by atoms with van der Waals surface area (Å²) in [5.41, 5.74) is -0.656. The van der Waals surface area contributed by atoms with Gasteiger partial charge in [-0.3, -0.25) is 0 Å². The number of rotatable bonds is 4. The van der Waals surface area contributed by atoms with E-state index in [4.69, 9.17) is 4.74 Å². The highest BCUT2D eigenvalue weighted by Crippen LogP contribution is 2.26. The van der Waals surface area contributed by atoms with E-state index in [1.54, 1.807) is 0 Å². The number of aromatic nitrogens is 2. The van der Waals surface area contributed by atoms with E-state index in [1.165, 1.54) is 11.5 Å². The number of anilines is 1. The molecule has 102 valence electrons. The summed E-state index contributed by atoms with van der Waals surface area (Å²) in [5, 5.41) is 11.3. The molecule has 0 aliphatic carbocycles. The molecular weight excluding hydrogens is 250 g/mol. The van der Waals surface area contributed by atoms with Crippen molar-refractivity contribution < 1.29 is 9.84 Å². The summed E-state index contributed by atoms with van der Waals surface area (Å²) in [7, 11) is 1.96. The van der Waals surface area contributed by atoms with Crippen LogP contribution in [-0.2, 0) is 4.74 Å². The van der Waals surface area contributed by atoms with E-state index in [0.29, 0.717) is 38.5 Å². The second kappa shape index (κ2) is 5.50. The van der Waals surface area contributed by atoms with Crippen LogP contribution < -0.4 is 4.90 Å². The van der Waals surface area contributed by atoms with E-state index in [9.17, 15) is 5.11 Å². The van der Waals surface area contributed by atoms with Gasteiger partial charge in [0.2, 0.25) is 5.13 Å². The first kappa shape index (κ1) is 13.7. The van der Waals surface area contributed by atoms with Gasteiger partial charge in [-0.05, 0) is 0 Å². The van der Waals surface area contributed by atoms with E-state index in [-0.39, 0.29) is 0 Å². The lowest BCUT2D eigenvalue weighted by atomic mass is 9.94. The number of hydrogen-bond acceptors (Lipinski definition) is 6. The molecule has 0 saturated carbocycles. The van der Waals surface area contributed by atoms with E-state index < -0.39 is 5.60 Å². The standard InChI is InChI=1S/C12H21N3O2S/c1-9(2)10-13-11(18-14-10)15(3)8-12(16)4-6-17-7-5-12/h9,16H,4-8H2,1-3H3. The van der Waals surface area contributed by atoms with Gasteiger partial charge in [0.15, 0.2) is 0 Å². The Kier molecular flexibility index (Phi) is 4.19. The van der Waals surface area contributed by atoms with Crippen LogP contribution in [0.15, 0.2) is 0 Å². The Bertz CT molecular complexity index is 388. The lowest BCUT2D eigenvalue weighted by molar-refractivity contribution is -0.0572. The van der Waals surface area contributed by atoms with Gasteiger partial charge in [0.05, 0.1) is 5.60 Å². The molecule has 0 atom stereocenters. The summed E-state index contributed by atoms with van der Waals surface area (Å²) < 4.78 is 9.62. The molecule has 1 aliphatic rings. The molecule has 0 aromatic carbocycles. The maximum absolute atomic E-state index is 10.5. The van der Waals surface area contributed by atoms with E-state index in [2.05, 4.69) is 23.2 Å². The van der Waals surface area contributed by atoms with E-state index in [0.717, 1.165) is 11.0 Å². The van der Waals surface area contributed by atoms with Crippen molar-refractivity contribution in [2.24, 2.45) is 0 Å². The summed E-state index contributed by atoms with van der Waals surface area (Å²) in [6.45, 7) is 6.02. The topological polar surface area (TPSA) is 58.5 Å². The molecule has 1 N–H and O–H groups in total. The van der Waals surface area contributed by atoms with Crippen molar-refractivity contribution in [1.29, 1.82) is 0 Å². The van der Waals surface area contributed by atoms with Gasteiger partial charge in [-0.1, -0.05) is 13.8 Å². The lowest BCUT2D eigenvalue weighted by Crippen LogP contribution is -2.45. The highest BCUT2D eigenvalue weighted by molar-refractivity contribution is 7.09. The molecular formula is C12H21N3O2S. The number of aliphatic hydroxyl groups is 1. The minimum absolute atomic E-state index is 0.342. The maximum Gasteiger partial charge on any atom is 0.205 e. The van der Waals surface area contributed by atoms with Crippen LogP contribution in [0.3, 0.4) is 0 Å². The summed E-state index contributed by atoms with van der Waals surface area (Å²) in [5.74, 6) is 1.22. The van der Waals surface area contributed by atoms with Crippen LogP contribution >= 0.6 is 11.5 Å². The molecule has 0 spiro atoms. The van der Waals surface area contributed by atoms with Gasteiger partial charge in [0, 0.05) is 57.1 Å².